The van der Waals surface area contributed by atoms with Crippen LogP contribution in [0, 0.1) is 0 Å². The molecular formula is C25H38SSi. The van der Waals surface area contributed by atoms with Crippen molar-refractivity contribution < 1.29 is 0 Å². The number of hydrogen-bond acceptors (Lipinski definition) is 1. The fourth-order valence-electron chi connectivity index (χ4n) is 4.24. The van der Waals surface area contributed by atoms with E-state index in [-0.39, 0.29) is 0 Å². The Morgan fingerprint density at radius 3 is 1.74 bits per heavy atom. The number of rotatable bonds is 11. The summed E-state index contributed by atoms with van der Waals surface area (Å²) < 4.78 is 0. The maximum Gasteiger partial charge on any atom is 0.0904 e. The Labute approximate surface area is 174 Å². The molecule has 2 aromatic rings. The van der Waals surface area contributed by atoms with Gasteiger partial charge in [0.25, 0.3) is 0 Å². The Hall–Kier alpha value is -0.993. The first-order valence-electron chi connectivity index (χ1n) is 11.0. The zero-order chi connectivity index (χ0) is 19.7. The lowest BCUT2D eigenvalue weighted by molar-refractivity contribution is 0.760. The largest absolute Gasteiger partial charge is 0.143 e. The number of aryl methyl sites for hydroxylation is 2. The minimum absolute atomic E-state index is 1.17. The minimum atomic E-state index is -1.51. The summed E-state index contributed by atoms with van der Waals surface area (Å²) in [6.07, 6.45) is 7.34. The van der Waals surface area contributed by atoms with Gasteiger partial charge in [-0.3, -0.25) is 0 Å². The van der Waals surface area contributed by atoms with E-state index in [1.54, 1.807) is 10.8 Å². The molecule has 0 spiro atoms. The van der Waals surface area contributed by atoms with Crippen LogP contribution < -0.4 is 5.19 Å². The first-order chi connectivity index (χ1) is 13.1. The standard InChI is InChI=1S/C25H38SSi/c1-5-9-14-22-18-21(19-23(25(22)26)15-10-6-2)20-27(7-3,8-4)24-16-12-11-13-17-24/h11-13,16-19,26H,5-10,14-15,20H2,1-4H3. The minimum Gasteiger partial charge on any atom is -0.143 e. The summed E-state index contributed by atoms with van der Waals surface area (Å²) in [6, 6.07) is 20.2. The van der Waals surface area contributed by atoms with Crippen molar-refractivity contribution in [2.75, 3.05) is 0 Å². The quantitative estimate of drug-likeness (QED) is 0.302. The Balaban J connectivity index is 2.42. The van der Waals surface area contributed by atoms with Crippen LogP contribution in [0.5, 0.6) is 0 Å². The van der Waals surface area contributed by atoms with Gasteiger partial charge in [0.1, 0.15) is 0 Å². The first-order valence-corrected chi connectivity index (χ1v) is 14.1. The van der Waals surface area contributed by atoms with Crippen molar-refractivity contribution in [3.05, 3.63) is 59.2 Å². The second-order valence-corrected chi connectivity index (χ2v) is 13.4. The smallest absolute Gasteiger partial charge is 0.0904 e. The van der Waals surface area contributed by atoms with Gasteiger partial charge < -0.3 is 0 Å². The Kier molecular flexibility index (Phi) is 9.18. The number of hydrogen-bond donors (Lipinski definition) is 1. The highest BCUT2D eigenvalue weighted by Gasteiger charge is 2.31. The predicted octanol–water partition coefficient (Wildman–Crippen LogP) is 7.14. The molecule has 0 aliphatic carbocycles. The molecule has 0 aliphatic rings. The summed E-state index contributed by atoms with van der Waals surface area (Å²) in [5, 5.41) is 1.62. The third-order valence-electron chi connectivity index (χ3n) is 6.21. The van der Waals surface area contributed by atoms with Crippen LogP contribution in [0.15, 0.2) is 47.4 Å². The zero-order valence-electron chi connectivity index (χ0n) is 17.9. The number of benzene rings is 2. The van der Waals surface area contributed by atoms with E-state index in [2.05, 4.69) is 70.2 Å². The van der Waals surface area contributed by atoms with Gasteiger partial charge in [-0.15, -0.1) is 12.6 Å². The van der Waals surface area contributed by atoms with E-state index in [0.717, 1.165) is 0 Å². The van der Waals surface area contributed by atoms with Crippen LogP contribution in [0.25, 0.3) is 0 Å². The second-order valence-electron chi connectivity index (χ2n) is 8.00. The second kappa shape index (κ2) is 11.1. The van der Waals surface area contributed by atoms with Crippen LogP contribution >= 0.6 is 12.6 Å². The van der Waals surface area contributed by atoms with Gasteiger partial charge in [0, 0.05) is 4.90 Å². The maximum atomic E-state index is 4.94. The lowest BCUT2D eigenvalue weighted by Crippen LogP contribution is -2.49. The van der Waals surface area contributed by atoms with Gasteiger partial charge in [-0.25, -0.2) is 0 Å². The summed E-state index contributed by atoms with van der Waals surface area (Å²) in [5.74, 6) is 0. The lowest BCUT2D eigenvalue weighted by atomic mass is 9.99. The van der Waals surface area contributed by atoms with Gasteiger partial charge in [-0.2, -0.15) is 0 Å². The van der Waals surface area contributed by atoms with Crippen molar-refractivity contribution in [3.8, 4) is 0 Å². The van der Waals surface area contributed by atoms with E-state index in [1.165, 1.54) is 72.7 Å². The fourth-order valence-corrected chi connectivity index (χ4v) is 8.50. The molecular weight excluding hydrogens is 360 g/mol. The lowest BCUT2D eigenvalue weighted by Gasteiger charge is -2.31. The molecule has 0 atom stereocenters. The summed E-state index contributed by atoms with van der Waals surface area (Å²) in [6.45, 7) is 9.38. The molecule has 0 fully saturated rings. The SMILES string of the molecule is CCCCc1cc(C[Si](CC)(CC)c2ccccc2)cc(CCCC)c1S. The number of unbranched alkanes of at least 4 members (excludes halogenated alkanes) is 2. The molecule has 0 saturated carbocycles. The summed E-state index contributed by atoms with van der Waals surface area (Å²) in [7, 11) is -1.51. The van der Waals surface area contributed by atoms with Gasteiger partial charge in [0.15, 0.2) is 0 Å². The van der Waals surface area contributed by atoms with Gasteiger partial charge in [-0.05, 0) is 48.4 Å². The molecule has 148 valence electrons. The van der Waals surface area contributed by atoms with Crippen molar-refractivity contribution in [2.45, 2.75) is 89.2 Å². The molecule has 2 rings (SSSR count). The first kappa shape index (κ1) is 22.3. The highest BCUT2D eigenvalue weighted by Crippen LogP contribution is 2.28. The summed E-state index contributed by atoms with van der Waals surface area (Å²) in [5.41, 5.74) is 4.52. The van der Waals surface area contributed by atoms with Crippen LogP contribution in [0.3, 0.4) is 0 Å². The molecule has 0 radical (unpaired) electrons. The van der Waals surface area contributed by atoms with Gasteiger partial charge >= 0.3 is 0 Å². The van der Waals surface area contributed by atoms with Gasteiger partial charge in [0.2, 0.25) is 0 Å². The molecule has 0 aliphatic heterocycles. The highest BCUT2D eigenvalue weighted by molar-refractivity contribution is 7.80. The summed E-state index contributed by atoms with van der Waals surface area (Å²) in [4.78, 5) is 1.26. The predicted molar refractivity (Wildman–Crippen MR) is 127 cm³/mol. The van der Waals surface area contributed by atoms with Crippen LogP contribution in [0.2, 0.25) is 12.1 Å². The molecule has 2 heteroatoms. The van der Waals surface area contributed by atoms with Crippen molar-refractivity contribution in [2.24, 2.45) is 0 Å². The van der Waals surface area contributed by atoms with Crippen molar-refractivity contribution in [1.29, 1.82) is 0 Å². The van der Waals surface area contributed by atoms with Crippen molar-refractivity contribution in [1.82, 2.24) is 0 Å². The van der Waals surface area contributed by atoms with E-state index >= 15 is 0 Å². The molecule has 0 bridgehead atoms. The van der Waals surface area contributed by atoms with Crippen LogP contribution in [0.4, 0.5) is 0 Å². The van der Waals surface area contributed by atoms with Crippen molar-refractivity contribution in [3.63, 3.8) is 0 Å². The van der Waals surface area contributed by atoms with Crippen LogP contribution in [-0.4, -0.2) is 8.07 Å². The Morgan fingerprint density at radius 1 is 0.778 bits per heavy atom. The van der Waals surface area contributed by atoms with E-state index in [9.17, 15) is 0 Å². The molecule has 0 aromatic heterocycles. The zero-order valence-corrected chi connectivity index (χ0v) is 19.7. The fraction of sp³-hybridized carbons (Fsp3) is 0.520. The van der Waals surface area contributed by atoms with E-state index in [1.807, 2.05) is 0 Å². The molecule has 2 aromatic carbocycles. The number of thiol groups is 1. The normalized spacial score (nSPS) is 11.7. The third-order valence-corrected chi connectivity index (χ3v) is 12.1. The van der Waals surface area contributed by atoms with Crippen LogP contribution in [-0.2, 0) is 18.9 Å². The van der Waals surface area contributed by atoms with Crippen molar-refractivity contribution >= 4 is 25.9 Å². The van der Waals surface area contributed by atoms with Gasteiger partial charge in [-0.1, -0.05) is 100 Å². The molecule has 27 heavy (non-hydrogen) atoms. The van der Waals surface area contributed by atoms with Crippen LogP contribution in [0.1, 0.15) is 70.1 Å². The highest BCUT2D eigenvalue weighted by atomic mass is 32.1. The molecule has 0 N–H and O–H groups in total. The molecule has 0 nitrogen and oxygen atoms in total. The molecule has 0 unspecified atom stereocenters. The molecule has 0 saturated heterocycles. The molecule has 0 heterocycles. The van der Waals surface area contributed by atoms with Gasteiger partial charge in [0.05, 0.1) is 8.07 Å². The van der Waals surface area contributed by atoms with E-state index < -0.39 is 8.07 Å². The van der Waals surface area contributed by atoms with E-state index in [0.29, 0.717) is 0 Å². The van der Waals surface area contributed by atoms with E-state index in [4.69, 9.17) is 12.6 Å². The topological polar surface area (TPSA) is 0 Å². The third kappa shape index (κ3) is 5.74. The molecule has 0 amide bonds. The Morgan fingerprint density at radius 2 is 1.30 bits per heavy atom. The average molecular weight is 399 g/mol. The Bertz CT molecular complexity index is 660. The maximum absolute atomic E-state index is 4.94. The average Bonchev–Trinajstić information content (AvgIpc) is 2.71. The monoisotopic (exact) mass is 398 g/mol. The summed E-state index contributed by atoms with van der Waals surface area (Å²) >= 11 is 4.94.